The van der Waals surface area contributed by atoms with Crippen LogP contribution >= 0.6 is 12.2 Å². The summed E-state index contributed by atoms with van der Waals surface area (Å²) < 4.78 is 11.2. The van der Waals surface area contributed by atoms with Crippen LogP contribution in [0.2, 0.25) is 0 Å². The number of nitrogens with one attached hydrogen (secondary N) is 1. The first-order valence-electron chi connectivity index (χ1n) is 10.6. The van der Waals surface area contributed by atoms with Gasteiger partial charge >= 0.3 is 0 Å². The Morgan fingerprint density at radius 1 is 0.970 bits per heavy atom. The van der Waals surface area contributed by atoms with Gasteiger partial charge in [0.1, 0.15) is 5.75 Å². The third kappa shape index (κ3) is 3.99. The van der Waals surface area contributed by atoms with Crippen molar-refractivity contribution in [3.05, 3.63) is 102 Å². The number of hydrogen-bond donors (Lipinski definition) is 1. The first-order chi connectivity index (χ1) is 16.2. The molecule has 0 saturated carbocycles. The van der Waals surface area contributed by atoms with Crippen LogP contribution in [0.25, 0.3) is 17.0 Å². The average molecular weight is 455 g/mol. The molecule has 0 aliphatic carbocycles. The van der Waals surface area contributed by atoms with E-state index in [0.29, 0.717) is 16.8 Å². The molecule has 7 heteroatoms. The van der Waals surface area contributed by atoms with E-state index in [-0.39, 0.29) is 6.04 Å². The number of methoxy groups -OCH3 is 1. The van der Waals surface area contributed by atoms with Gasteiger partial charge in [0, 0.05) is 17.3 Å². The van der Waals surface area contributed by atoms with Crippen molar-refractivity contribution in [1.29, 1.82) is 0 Å². The Kier molecular flexibility index (Phi) is 5.62. The second-order valence-corrected chi connectivity index (χ2v) is 8.01. The van der Waals surface area contributed by atoms with Crippen LogP contribution in [0.3, 0.4) is 0 Å². The molecule has 0 radical (unpaired) electrons. The smallest absolute Gasteiger partial charge is 0.258 e. The van der Waals surface area contributed by atoms with E-state index in [9.17, 15) is 0 Å². The molecule has 5 rings (SSSR count). The van der Waals surface area contributed by atoms with Crippen molar-refractivity contribution < 1.29 is 9.26 Å². The van der Waals surface area contributed by atoms with Gasteiger partial charge in [-0.25, -0.2) is 0 Å². The number of benzene rings is 3. The molecule has 2 heterocycles. The molecule has 1 unspecified atom stereocenters. The third-order valence-electron chi connectivity index (χ3n) is 5.62. The number of rotatable bonds is 5. The molecule has 1 atom stereocenters. The number of anilines is 1. The van der Waals surface area contributed by atoms with Crippen LogP contribution in [0.4, 0.5) is 5.69 Å². The van der Waals surface area contributed by atoms with Crippen molar-refractivity contribution in [2.24, 2.45) is 0 Å². The largest absolute Gasteiger partial charge is 0.497 e. The van der Waals surface area contributed by atoms with E-state index in [1.165, 1.54) is 0 Å². The first kappa shape index (κ1) is 20.9. The zero-order valence-electron chi connectivity index (χ0n) is 18.2. The van der Waals surface area contributed by atoms with E-state index in [4.69, 9.17) is 26.5 Å². The summed E-state index contributed by atoms with van der Waals surface area (Å²) in [4.78, 5) is 6.72. The molecule has 33 heavy (non-hydrogen) atoms. The van der Waals surface area contributed by atoms with E-state index in [1.54, 1.807) is 7.11 Å². The molecule has 1 N–H and O–H groups in total. The Morgan fingerprint density at radius 2 is 1.70 bits per heavy atom. The van der Waals surface area contributed by atoms with E-state index >= 15 is 0 Å². The zero-order valence-corrected chi connectivity index (χ0v) is 19.0. The average Bonchev–Trinajstić information content (AvgIpc) is 3.35. The van der Waals surface area contributed by atoms with Gasteiger partial charge in [-0.3, -0.25) is 4.90 Å². The molecular weight excluding hydrogens is 432 g/mol. The fraction of sp³-hybridized carbons (Fsp3) is 0.115. The summed E-state index contributed by atoms with van der Waals surface area (Å²) in [7, 11) is 1.65. The van der Waals surface area contributed by atoms with Crippen molar-refractivity contribution in [3.63, 3.8) is 0 Å². The maximum Gasteiger partial charge on any atom is 0.258 e. The lowest BCUT2D eigenvalue weighted by molar-refractivity contribution is 0.404. The first-order valence-corrected chi connectivity index (χ1v) is 11.0. The Morgan fingerprint density at radius 3 is 2.42 bits per heavy atom. The lowest BCUT2D eigenvalue weighted by Crippen LogP contribution is -2.46. The molecule has 0 bridgehead atoms. The normalized spacial score (nSPS) is 16.0. The van der Waals surface area contributed by atoms with Gasteiger partial charge in [0.15, 0.2) is 5.11 Å². The van der Waals surface area contributed by atoms with Crippen LogP contribution in [-0.4, -0.2) is 22.4 Å². The summed E-state index contributed by atoms with van der Waals surface area (Å²) in [6.07, 6.45) is 0. The molecular formula is C26H22N4O2S. The Balaban J connectivity index is 1.66. The van der Waals surface area contributed by atoms with Crippen LogP contribution in [0.5, 0.6) is 5.75 Å². The fourth-order valence-corrected chi connectivity index (χ4v) is 4.37. The summed E-state index contributed by atoms with van der Waals surface area (Å²) in [5.41, 5.74) is 4.61. The van der Waals surface area contributed by atoms with Crippen LogP contribution < -0.4 is 15.0 Å². The standard InChI is InChI=1S/C26H22N4O2S/c1-17-22(25-28-24(29-32-25)19-12-7-4-8-13-19)23(18-10-5-3-6-11-18)27-26(33)30(17)20-14-9-15-21(16-20)31-2/h3-16,23H,1-2H3,(H,27,33). The predicted molar refractivity (Wildman–Crippen MR) is 133 cm³/mol. The molecule has 3 aromatic carbocycles. The molecule has 0 spiro atoms. The monoisotopic (exact) mass is 454 g/mol. The molecule has 0 fully saturated rings. The number of allylic oxidation sites excluding steroid dienone is 1. The van der Waals surface area contributed by atoms with Gasteiger partial charge in [-0.1, -0.05) is 71.9 Å². The number of hydrogen-bond acceptors (Lipinski definition) is 5. The molecule has 1 aliphatic rings. The van der Waals surface area contributed by atoms with Gasteiger partial charge < -0.3 is 14.6 Å². The Labute approximate surface area is 197 Å². The maximum absolute atomic E-state index is 5.80. The third-order valence-corrected chi connectivity index (χ3v) is 5.92. The molecule has 1 aliphatic heterocycles. The van der Waals surface area contributed by atoms with Gasteiger partial charge in [0.25, 0.3) is 5.89 Å². The molecule has 164 valence electrons. The number of ether oxygens (including phenoxy) is 1. The van der Waals surface area contributed by atoms with E-state index < -0.39 is 0 Å². The zero-order chi connectivity index (χ0) is 22.8. The highest BCUT2D eigenvalue weighted by Crippen LogP contribution is 2.39. The lowest BCUT2D eigenvalue weighted by atomic mass is 9.94. The Hall–Kier alpha value is -3.97. The molecule has 0 amide bonds. The minimum absolute atomic E-state index is 0.232. The van der Waals surface area contributed by atoms with Crippen molar-refractivity contribution in [2.75, 3.05) is 12.0 Å². The molecule has 4 aromatic rings. The minimum Gasteiger partial charge on any atom is -0.497 e. The van der Waals surface area contributed by atoms with E-state index in [1.807, 2.05) is 84.6 Å². The van der Waals surface area contributed by atoms with Gasteiger partial charge in [-0.15, -0.1) is 0 Å². The maximum atomic E-state index is 5.80. The van der Waals surface area contributed by atoms with Gasteiger partial charge in [-0.05, 0) is 36.8 Å². The summed E-state index contributed by atoms with van der Waals surface area (Å²) in [6.45, 7) is 2.02. The van der Waals surface area contributed by atoms with Crippen LogP contribution in [-0.2, 0) is 0 Å². The molecule has 0 saturated heterocycles. The number of thiocarbonyl (C=S) groups is 1. The molecule has 6 nitrogen and oxygen atoms in total. The number of nitrogens with zero attached hydrogens (tertiary/aromatic N) is 3. The van der Waals surface area contributed by atoms with Gasteiger partial charge in [-0.2, -0.15) is 4.98 Å². The summed E-state index contributed by atoms with van der Waals surface area (Å²) >= 11 is 5.80. The minimum atomic E-state index is -0.232. The predicted octanol–water partition coefficient (Wildman–Crippen LogP) is 5.61. The SMILES string of the molecule is COc1cccc(N2C(=S)NC(c3ccccc3)C(c3nc(-c4ccccc4)no3)=C2C)c1. The number of aromatic nitrogens is 2. The van der Waals surface area contributed by atoms with Crippen LogP contribution in [0, 0.1) is 0 Å². The summed E-state index contributed by atoms with van der Waals surface area (Å²) in [6, 6.07) is 27.4. The topological polar surface area (TPSA) is 63.4 Å². The Bertz CT molecular complexity index is 1320. The summed E-state index contributed by atoms with van der Waals surface area (Å²) in [5.74, 6) is 1.74. The van der Waals surface area contributed by atoms with Crippen molar-refractivity contribution >= 4 is 28.6 Å². The van der Waals surface area contributed by atoms with Crippen molar-refractivity contribution in [3.8, 4) is 17.1 Å². The van der Waals surface area contributed by atoms with E-state index in [0.717, 1.165) is 33.8 Å². The quantitative estimate of drug-likeness (QED) is 0.393. The van der Waals surface area contributed by atoms with Gasteiger partial charge in [0.2, 0.25) is 5.82 Å². The second kappa shape index (κ2) is 8.88. The van der Waals surface area contributed by atoms with Crippen LogP contribution in [0.1, 0.15) is 24.4 Å². The summed E-state index contributed by atoms with van der Waals surface area (Å²) in [5, 5.41) is 8.31. The van der Waals surface area contributed by atoms with Gasteiger partial charge in [0.05, 0.1) is 24.4 Å². The lowest BCUT2D eigenvalue weighted by Gasteiger charge is -2.37. The highest BCUT2D eigenvalue weighted by molar-refractivity contribution is 7.80. The second-order valence-electron chi connectivity index (χ2n) is 7.62. The van der Waals surface area contributed by atoms with E-state index in [2.05, 4.69) is 22.6 Å². The fourth-order valence-electron chi connectivity index (χ4n) is 4.01. The highest BCUT2D eigenvalue weighted by atomic mass is 32.1. The van der Waals surface area contributed by atoms with Crippen molar-refractivity contribution in [2.45, 2.75) is 13.0 Å². The van der Waals surface area contributed by atoms with Crippen molar-refractivity contribution in [1.82, 2.24) is 15.5 Å². The van der Waals surface area contributed by atoms with Crippen LogP contribution in [0.15, 0.2) is 95.1 Å². The highest BCUT2D eigenvalue weighted by Gasteiger charge is 2.34. The molecule has 1 aromatic heterocycles.